The molecular weight excluding hydrogens is 402 g/mol. The Morgan fingerprint density at radius 1 is 1.08 bits per heavy atom. The number of anilines is 1. The number of benzene rings is 2. The van der Waals surface area contributed by atoms with Crippen LogP contribution < -0.4 is 10.2 Å². The second-order valence-electron chi connectivity index (χ2n) is 6.07. The van der Waals surface area contributed by atoms with E-state index >= 15 is 0 Å². The molecule has 0 unspecified atom stereocenters. The molecule has 0 radical (unpaired) electrons. The van der Waals surface area contributed by atoms with Crippen molar-refractivity contribution < 1.29 is 4.79 Å². The van der Waals surface area contributed by atoms with Gasteiger partial charge in [0.25, 0.3) is 0 Å². The maximum Gasteiger partial charge on any atom is 0.317 e. The summed E-state index contributed by atoms with van der Waals surface area (Å²) in [5, 5.41) is 3.76. The SMILES string of the molecule is O=C(NCCc1cccc(Br)c1)N1CCN(c2cccc(Cl)c2)CC1. The Labute approximate surface area is 161 Å². The fraction of sp³-hybridized carbons (Fsp3) is 0.316. The molecule has 1 aliphatic rings. The molecule has 0 atom stereocenters. The second kappa shape index (κ2) is 8.59. The number of nitrogens with one attached hydrogen (secondary N) is 1. The summed E-state index contributed by atoms with van der Waals surface area (Å²) in [6, 6.07) is 16.0. The van der Waals surface area contributed by atoms with Gasteiger partial charge >= 0.3 is 6.03 Å². The van der Waals surface area contributed by atoms with Crippen molar-refractivity contribution in [3.05, 3.63) is 63.6 Å². The van der Waals surface area contributed by atoms with Crippen LogP contribution in [-0.4, -0.2) is 43.7 Å². The predicted octanol–water partition coefficient (Wildman–Crippen LogP) is 4.18. The lowest BCUT2D eigenvalue weighted by atomic mass is 10.1. The molecule has 6 heteroatoms. The van der Waals surface area contributed by atoms with Crippen LogP contribution in [0.4, 0.5) is 10.5 Å². The molecule has 1 N–H and O–H groups in total. The zero-order chi connectivity index (χ0) is 17.6. The smallest absolute Gasteiger partial charge is 0.317 e. The number of carbonyl (C=O) groups is 1. The Bertz CT molecular complexity index is 732. The molecule has 0 spiro atoms. The van der Waals surface area contributed by atoms with Crippen molar-refractivity contribution in [1.82, 2.24) is 10.2 Å². The number of carbonyl (C=O) groups excluding carboxylic acids is 1. The van der Waals surface area contributed by atoms with Crippen LogP contribution in [-0.2, 0) is 6.42 Å². The number of piperazine rings is 1. The van der Waals surface area contributed by atoms with Crippen LogP contribution in [0.25, 0.3) is 0 Å². The number of amides is 2. The maximum absolute atomic E-state index is 12.3. The summed E-state index contributed by atoms with van der Waals surface area (Å²) in [6.45, 7) is 3.72. The number of nitrogens with zero attached hydrogens (tertiary/aromatic N) is 2. The third-order valence-electron chi connectivity index (χ3n) is 4.32. The molecule has 0 aromatic heterocycles. The number of halogens is 2. The minimum Gasteiger partial charge on any atom is -0.368 e. The highest BCUT2D eigenvalue weighted by Gasteiger charge is 2.21. The van der Waals surface area contributed by atoms with E-state index in [1.807, 2.05) is 35.2 Å². The van der Waals surface area contributed by atoms with Crippen molar-refractivity contribution in [3.8, 4) is 0 Å². The summed E-state index contributed by atoms with van der Waals surface area (Å²) in [4.78, 5) is 16.5. The van der Waals surface area contributed by atoms with Gasteiger partial charge in [-0.3, -0.25) is 0 Å². The van der Waals surface area contributed by atoms with Gasteiger partial charge in [0.2, 0.25) is 0 Å². The topological polar surface area (TPSA) is 35.6 Å². The molecule has 4 nitrogen and oxygen atoms in total. The van der Waals surface area contributed by atoms with Crippen molar-refractivity contribution in [2.45, 2.75) is 6.42 Å². The van der Waals surface area contributed by atoms with Crippen molar-refractivity contribution in [3.63, 3.8) is 0 Å². The summed E-state index contributed by atoms with van der Waals surface area (Å²) >= 11 is 9.52. The highest BCUT2D eigenvalue weighted by molar-refractivity contribution is 9.10. The molecular formula is C19H21BrClN3O. The predicted molar refractivity (Wildman–Crippen MR) is 106 cm³/mol. The Kier molecular flexibility index (Phi) is 6.21. The van der Waals surface area contributed by atoms with E-state index in [1.165, 1.54) is 5.56 Å². The lowest BCUT2D eigenvalue weighted by Gasteiger charge is -2.36. The van der Waals surface area contributed by atoms with Crippen molar-refractivity contribution in [2.24, 2.45) is 0 Å². The van der Waals surface area contributed by atoms with E-state index in [1.54, 1.807) is 0 Å². The zero-order valence-corrected chi connectivity index (χ0v) is 16.3. The quantitative estimate of drug-likeness (QED) is 0.802. The Morgan fingerprint density at radius 2 is 1.84 bits per heavy atom. The van der Waals surface area contributed by atoms with Gasteiger partial charge in [0.15, 0.2) is 0 Å². The van der Waals surface area contributed by atoms with Crippen molar-refractivity contribution in [1.29, 1.82) is 0 Å². The largest absolute Gasteiger partial charge is 0.368 e. The Balaban J connectivity index is 1.44. The van der Waals surface area contributed by atoms with Crippen LogP contribution >= 0.6 is 27.5 Å². The van der Waals surface area contributed by atoms with Crippen LogP contribution in [0.3, 0.4) is 0 Å². The van der Waals surface area contributed by atoms with E-state index in [4.69, 9.17) is 11.6 Å². The van der Waals surface area contributed by atoms with Gasteiger partial charge in [-0.05, 0) is 42.3 Å². The summed E-state index contributed by atoms with van der Waals surface area (Å²) in [6.07, 6.45) is 0.827. The van der Waals surface area contributed by atoms with E-state index in [0.29, 0.717) is 6.54 Å². The van der Waals surface area contributed by atoms with Gasteiger partial charge in [0.05, 0.1) is 0 Å². The summed E-state index contributed by atoms with van der Waals surface area (Å²) < 4.78 is 1.06. The first-order chi connectivity index (χ1) is 12.1. The summed E-state index contributed by atoms with van der Waals surface area (Å²) in [5.74, 6) is 0. The first-order valence-electron chi connectivity index (χ1n) is 8.39. The summed E-state index contributed by atoms with van der Waals surface area (Å²) in [5.41, 5.74) is 2.32. The van der Waals surface area contributed by atoms with Gasteiger partial charge in [-0.1, -0.05) is 45.7 Å². The third-order valence-corrected chi connectivity index (χ3v) is 5.05. The first-order valence-corrected chi connectivity index (χ1v) is 9.57. The molecule has 2 aromatic rings. The molecule has 0 aliphatic carbocycles. The van der Waals surface area contributed by atoms with Gasteiger partial charge in [-0.15, -0.1) is 0 Å². The van der Waals surface area contributed by atoms with Gasteiger partial charge < -0.3 is 15.1 Å². The number of urea groups is 1. The van der Waals surface area contributed by atoms with E-state index in [2.05, 4.69) is 44.3 Å². The maximum atomic E-state index is 12.3. The number of hydrogen-bond acceptors (Lipinski definition) is 2. The van der Waals surface area contributed by atoms with E-state index in [9.17, 15) is 4.79 Å². The fourth-order valence-corrected chi connectivity index (χ4v) is 3.59. The molecule has 3 rings (SSSR count). The third kappa shape index (κ3) is 5.13. The molecule has 132 valence electrons. The minimum absolute atomic E-state index is 0.0146. The molecule has 1 saturated heterocycles. The lowest BCUT2D eigenvalue weighted by Crippen LogP contribution is -2.52. The highest BCUT2D eigenvalue weighted by Crippen LogP contribution is 2.20. The van der Waals surface area contributed by atoms with Gasteiger partial charge in [0, 0.05) is 47.9 Å². The standard InChI is InChI=1S/C19H21BrClN3O/c20-16-4-1-3-15(13-16)7-8-22-19(25)24-11-9-23(10-12-24)18-6-2-5-17(21)14-18/h1-6,13-14H,7-12H2,(H,22,25). The summed E-state index contributed by atoms with van der Waals surface area (Å²) in [7, 11) is 0. The highest BCUT2D eigenvalue weighted by atomic mass is 79.9. The molecule has 0 saturated carbocycles. The van der Waals surface area contributed by atoms with E-state index in [0.717, 1.165) is 47.8 Å². The van der Waals surface area contributed by atoms with Crippen molar-refractivity contribution >= 4 is 39.2 Å². The van der Waals surface area contributed by atoms with Gasteiger partial charge in [0.1, 0.15) is 0 Å². The van der Waals surface area contributed by atoms with E-state index < -0.39 is 0 Å². The normalized spacial score (nSPS) is 14.5. The van der Waals surface area contributed by atoms with Crippen LogP contribution in [0, 0.1) is 0 Å². The minimum atomic E-state index is 0.0146. The van der Waals surface area contributed by atoms with Crippen molar-refractivity contribution in [2.75, 3.05) is 37.6 Å². The molecule has 1 fully saturated rings. The molecule has 2 amide bonds. The Morgan fingerprint density at radius 3 is 2.56 bits per heavy atom. The van der Waals surface area contributed by atoms with E-state index in [-0.39, 0.29) is 6.03 Å². The average Bonchev–Trinajstić information content (AvgIpc) is 2.62. The zero-order valence-electron chi connectivity index (χ0n) is 13.9. The number of rotatable bonds is 4. The van der Waals surface area contributed by atoms with Crippen LogP contribution in [0.15, 0.2) is 53.0 Å². The number of hydrogen-bond donors (Lipinski definition) is 1. The lowest BCUT2D eigenvalue weighted by molar-refractivity contribution is 0.194. The van der Waals surface area contributed by atoms with Crippen LogP contribution in [0.2, 0.25) is 5.02 Å². The fourth-order valence-electron chi connectivity index (χ4n) is 2.96. The molecule has 1 heterocycles. The second-order valence-corrected chi connectivity index (χ2v) is 7.42. The van der Waals surface area contributed by atoms with Crippen LogP contribution in [0.5, 0.6) is 0 Å². The first kappa shape index (κ1) is 18.1. The monoisotopic (exact) mass is 421 g/mol. The van der Waals surface area contributed by atoms with Gasteiger partial charge in [-0.25, -0.2) is 4.79 Å². The molecule has 1 aliphatic heterocycles. The molecule has 2 aromatic carbocycles. The van der Waals surface area contributed by atoms with Gasteiger partial charge in [-0.2, -0.15) is 0 Å². The Hall–Kier alpha value is -1.72. The molecule has 0 bridgehead atoms. The molecule has 25 heavy (non-hydrogen) atoms. The van der Waals surface area contributed by atoms with Crippen LogP contribution in [0.1, 0.15) is 5.56 Å². The average molecular weight is 423 g/mol.